The monoisotopic (exact) mass is 369 g/mol. The van der Waals surface area contributed by atoms with Gasteiger partial charge in [-0.05, 0) is 43.0 Å². The molecule has 1 aromatic carbocycles. The largest absolute Gasteiger partial charge is 0.490 e. The molecule has 146 valence electrons. The average Bonchev–Trinajstić information content (AvgIpc) is 3.07. The molecule has 0 atom stereocenters. The smallest absolute Gasteiger partial charge is 0.269 e. The maximum atomic E-state index is 12.4. The Morgan fingerprint density at radius 2 is 2.07 bits per heavy atom. The summed E-state index contributed by atoms with van der Waals surface area (Å²) in [5.74, 6) is 0.694. The average molecular weight is 370 g/mol. The van der Waals surface area contributed by atoms with Gasteiger partial charge in [0.15, 0.2) is 0 Å². The minimum absolute atomic E-state index is 0.119. The summed E-state index contributed by atoms with van der Waals surface area (Å²) in [6, 6.07) is 9.66. The molecular weight excluding hydrogens is 338 g/mol. The van der Waals surface area contributed by atoms with Crippen LogP contribution in [0.1, 0.15) is 61.3 Å². The highest BCUT2D eigenvalue weighted by atomic mass is 16.5. The van der Waals surface area contributed by atoms with Crippen LogP contribution in [-0.4, -0.2) is 22.3 Å². The van der Waals surface area contributed by atoms with Crippen LogP contribution in [0.2, 0.25) is 0 Å². The maximum Gasteiger partial charge on any atom is 0.269 e. The molecule has 0 spiro atoms. The zero-order chi connectivity index (χ0) is 19.5. The third-order valence-electron chi connectivity index (χ3n) is 4.36. The molecule has 2 aromatic rings. The summed E-state index contributed by atoms with van der Waals surface area (Å²) in [7, 11) is 1.79. The number of nitrogens with zero attached hydrogens (tertiary/aromatic N) is 2. The summed E-state index contributed by atoms with van der Waals surface area (Å²) in [5, 5.41) is 7.26. The number of carbonyl (C=O) groups is 1. The second-order valence-corrected chi connectivity index (χ2v) is 6.61. The van der Waals surface area contributed by atoms with Gasteiger partial charge in [0.2, 0.25) is 0 Å². The van der Waals surface area contributed by atoms with Gasteiger partial charge in [-0.2, -0.15) is 5.10 Å². The van der Waals surface area contributed by atoms with E-state index >= 15 is 0 Å². The van der Waals surface area contributed by atoms with E-state index in [0.29, 0.717) is 18.8 Å². The van der Waals surface area contributed by atoms with Crippen molar-refractivity contribution in [1.82, 2.24) is 15.1 Å². The Morgan fingerprint density at radius 1 is 1.22 bits per heavy atom. The summed E-state index contributed by atoms with van der Waals surface area (Å²) in [6.45, 7) is 5.25. The standard InChI is InChI=1S/C22H31N3O2/c1-4-6-7-8-9-10-14-27-20-13-11-12-18(15-20)17-23-22(26)21-16-19(5-2)24-25(21)3/h9-13,15-16H,4-8,14,17H2,1-3H3,(H,23,26). The van der Waals surface area contributed by atoms with Gasteiger partial charge in [0.25, 0.3) is 5.91 Å². The van der Waals surface area contributed by atoms with Crippen molar-refractivity contribution in [3.63, 3.8) is 0 Å². The molecule has 1 aromatic heterocycles. The first-order valence-corrected chi connectivity index (χ1v) is 9.81. The van der Waals surface area contributed by atoms with Gasteiger partial charge in [-0.25, -0.2) is 0 Å². The van der Waals surface area contributed by atoms with E-state index < -0.39 is 0 Å². The first-order chi connectivity index (χ1) is 13.1. The van der Waals surface area contributed by atoms with Crippen molar-refractivity contribution in [3.8, 4) is 5.75 Å². The number of aromatic nitrogens is 2. The van der Waals surface area contributed by atoms with E-state index in [9.17, 15) is 4.79 Å². The van der Waals surface area contributed by atoms with Crippen LogP contribution in [0.4, 0.5) is 0 Å². The van der Waals surface area contributed by atoms with Crippen molar-refractivity contribution in [3.05, 3.63) is 59.4 Å². The van der Waals surface area contributed by atoms with Gasteiger partial charge in [0, 0.05) is 13.6 Å². The predicted octanol–water partition coefficient (Wildman–Crippen LogP) is 4.43. The molecule has 0 aliphatic heterocycles. The Morgan fingerprint density at radius 3 is 2.81 bits per heavy atom. The first-order valence-electron chi connectivity index (χ1n) is 9.81. The number of hydrogen-bond acceptors (Lipinski definition) is 3. The van der Waals surface area contributed by atoms with Crippen molar-refractivity contribution >= 4 is 5.91 Å². The Hall–Kier alpha value is -2.56. The molecule has 5 nitrogen and oxygen atoms in total. The topological polar surface area (TPSA) is 56.1 Å². The fourth-order valence-corrected chi connectivity index (χ4v) is 2.77. The molecule has 1 N–H and O–H groups in total. The predicted molar refractivity (Wildman–Crippen MR) is 109 cm³/mol. The minimum atomic E-state index is -0.119. The van der Waals surface area contributed by atoms with Crippen LogP contribution in [0.3, 0.4) is 0 Å². The number of aryl methyl sites for hydroxylation is 2. The molecule has 2 rings (SSSR count). The molecule has 0 bridgehead atoms. The number of unbranched alkanes of at least 4 members (excludes halogenated alkanes) is 3. The molecule has 0 unspecified atom stereocenters. The number of carbonyl (C=O) groups excluding carboxylic acids is 1. The fourth-order valence-electron chi connectivity index (χ4n) is 2.77. The number of benzene rings is 1. The summed E-state index contributed by atoms with van der Waals surface area (Å²) in [4.78, 5) is 12.4. The highest BCUT2D eigenvalue weighted by Crippen LogP contribution is 2.14. The zero-order valence-corrected chi connectivity index (χ0v) is 16.7. The third kappa shape index (κ3) is 6.93. The zero-order valence-electron chi connectivity index (χ0n) is 16.7. The number of allylic oxidation sites excluding steroid dienone is 1. The van der Waals surface area contributed by atoms with Crippen molar-refractivity contribution in [2.75, 3.05) is 6.61 Å². The quantitative estimate of drug-likeness (QED) is 0.471. The Balaban J connectivity index is 1.81. The Kier molecular flexibility index (Phi) is 8.62. The van der Waals surface area contributed by atoms with E-state index in [1.54, 1.807) is 11.7 Å². The second kappa shape index (κ2) is 11.2. The van der Waals surface area contributed by atoms with E-state index in [2.05, 4.69) is 29.5 Å². The lowest BCUT2D eigenvalue weighted by Gasteiger charge is -2.08. The van der Waals surface area contributed by atoms with Gasteiger partial charge in [-0.15, -0.1) is 0 Å². The molecule has 0 aliphatic rings. The van der Waals surface area contributed by atoms with Crippen LogP contribution >= 0.6 is 0 Å². The van der Waals surface area contributed by atoms with Gasteiger partial charge in [0.1, 0.15) is 18.1 Å². The highest BCUT2D eigenvalue weighted by Gasteiger charge is 2.12. The normalized spacial score (nSPS) is 11.1. The van der Waals surface area contributed by atoms with Crippen molar-refractivity contribution in [2.45, 2.75) is 52.5 Å². The SMILES string of the molecule is CCCCCC=CCOc1cccc(CNC(=O)c2cc(CC)nn2C)c1. The van der Waals surface area contributed by atoms with Crippen LogP contribution in [0.25, 0.3) is 0 Å². The molecule has 0 fully saturated rings. The summed E-state index contributed by atoms with van der Waals surface area (Å²) >= 11 is 0. The highest BCUT2D eigenvalue weighted by molar-refractivity contribution is 5.92. The first kappa shape index (κ1) is 20.7. The van der Waals surface area contributed by atoms with Crippen LogP contribution in [-0.2, 0) is 20.0 Å². The number of ether oxygens (including phenoxy) is 1. The molecule has 1 amide bonds. The van der Waals surface area contributed by atoms with Crippen LogP contribution in [0.15, 0.2) is 42.5 Å². The van der Waals surface area contributed by atoms with E-state index in [-0.39, 0.29) is 5.91 Å². The van der Waals surface area contributed by atoms with E-state index in [4.69, 9.17) is 4.74 Å². The Bertz CT molecular complexity index is 750. The summed E-state index contributed by atoms with van der Waals surface area (Å²) in [6.07, 6.45) is 9.92. The lowest BCUT2D eigenvalue weighted by Crippen LogP contribution is -2.25. The van der Waals surface area contributed by atoms with E-state index in [1.165, 1.54) is 19.3 Å². The van der Waals surface area contributed by atoms with Crippen LogP contribution in [0, 0.1) is 0 Å². The number of amides is 1. The van der Waals surface area contributed by atoms with Crippen molar-refractivity contribution < 1.29 is 9.53 Å². The molecular formula is C22H31N3O2. The van der Waals surface area contributed by atoms with E-state index in [1.807, 2.05) is 37.3 Å². The number of hydrogen-bond donors (Lipinski definition) is 1. The summed E-state index contributed by atoms with van der Waals surface area (Å²) < 4.78 is 7.39. The summed E-state index contributed by atoms with van der Waals surface area (Å²) in [5.41, 5.74) is 2.50. The van der Waals surface area contributed by atoms with E-state index in [0.717, 1.165) is 29.8 Å². The fraction of sp³-hybridized carbons (Fsp3) is 0.455. The third-order valence-corrected chi connectivity index (χ3v) is 4.36. The van der Waals surface area contributed by atoms with Gasteiger partial charge in [-0.1, -0.05) is 51.0 Å². The second-order valence-electron chi connectivity index (χ2n) is 6.61. The number of nitrogens with one attached hydrogen (secondary N) is 1. The molecule has 0 saturated carbocycles. The molecule has 27 heavy (non-hydrogen) atoms. The lowest BCUT2D eigenvalue weighted by molar-refractivity contribution is 0.0941. The molecule has 0 aliphatic carbocycles. The minimum Gasteiger partial charge on any atom is -0.490 e. The molecule has 0 saturated heterocycles. The van der Waals surface area contributed by atoms with Crippen LogP contribution in [0.5, 0.6) is 5.75 Å². The molecule has 0 radical (unpaired) electrons. The van der Waals surface area contributed by atoms with Gasteiger partial charge in [-0.3, -0.25) is 9.48 Å². The van der Waals surface area contributed by atoms with Crippen molar-refractivity contribution in [1.29, 1.82) is 0 Å². The van der Waals surface area contributed by atoms with Crippen molar-refractivity contribution in [2.24, 2.45) is 7.05 Å². The van der Waals surface area contributed by atoms with Gasteiger partial charge >= 0.3 is 0 Å². The molecule has 5 heteroatoms. The van der Waals surface area contributed by atoms with Gasteiger partial charge in [0.05, 0.1) is 5.69 Å². The Labute approximate surface area is 162 Å². The maximum absolute atomic E-state index is 12.4. The molecule has 1 heterocycles. The van der Waals surface area contributed by atoms with Gasteiger partial charge < -0.3 is 10.1 Å². The number of rotatable bonds is 11. The lowest BCUT2D eigenvalue weighted by atomic mass is 10.2. The van der Waals surface area contributed by atoms with Crippen LogP contribution < -0.4 is 10.1 Å².